The average molecular weight is 919 g/mol. The molecule has 6 heteroatoms. The Morgan fingerprint density at radius 3 is 1.22 bits per heavy atom. The predicted molar refractivity (Wildman–Crippen MR) is 297 cm³/mol. The van der Waals surface area contributed by atoms with Gasteiger partial charge in [0.05, 0.1) is 51.0 Å². The molecule has 2 heterocycles. The minimum absolute atomic E-state index is 0.609. The van der Waals surface area contributed by atoms with Crippen molar-refractivity contribution in [2.75, 3.05) is 9.80 Å². The molecule has 0 aliphatic heterocycles. The van der Waals surface area contributed by atoms with Gasteiger partial charge in [-0.15, -0.1) is 0 Å². The van der Waals surface area contributed by atoms with Crippen LogP contribution in [0.15, 0.2) is 255 Å². The van der Waals surface area contributed by atoms with Crippen molar-refractivity contribution in [3.63, 3.8) is 0 Å². The first-order valence-corrected chi connectivity index (χ1v) is 24.0. The molecule has 0 saturated carbocycles. The lowest BCUT2D eigenvalue weighted by molar-refractivity contribution is 1.18. The molecule has 0 aliphatic carbocycles. The van der Waals surface area contributed by atoms with Crippen LogP contribution < -0.4 is 9.80 Å². The zero-order valence-electron chi connectivity index (χ0n) is 38.9. The molecule has 0 amide bonds. The summed E-state index contributed by atoms with van der Waals surface area (Å²) in [7, 11) is 0. The smallest absolute Gasteiger partial charge is 0.0991 e. The van der Waals surface area contributed by atoms with Crippen LogP contribution in [0.2, 0.25) is 0 Å². The van der Waals surface area contributed by atoms with Gasteiger partial charge in [-0.25, -0.2) is 0 Å². The quantitative estimate of drug-likeness (QED) is 0.145. The molecule has 0 atom stereocenters. The summed E-state index contributed by atoms with van der Waals surface area (Å²) in [6.07, 6.45) is 0. The van der Waals surface area contributed by atoms with Gasteiger partial charge in [0.25, 0.3) is 0 Å². The highest BCUT2D eigenvalue weighted by atomic mass is 15.2. The van der Waals surface area contributed by atoms with Gasteiger partial charge < -0.3 is 18.9 Å². The van der Waals surface area contributed by atoms with Crippen LogP contribution in [0.25, 0.3) is 76.9 Å². The second-order valence-electron chi connectivity index (χ2n) is 18.0. The van der Waals surface area contributed by atoms with Crippen molar-refractivity contribution < 1.29 is 0 Å². The number of para-hydroxylation sites is 4. The van der Waals surface area contributed by atoms with E-state index >= 15 is 0 Å². The van der Waals surface area contributed by atoms with Gasteiger partial charge in [-0.2, -0.15) is 10.5 Å². The summed E-state index contributed by atoms with van der Waals surface area (Å²) in [5.41, 5.74) is 16.1. The van der Waals surface area contributed by atoms with Crippen LogP contribution in [0.1, 0.15) is 11.1 Å². The maximum atomic E-state index is 9.81. The first-order chi connectivity index (χ1) is 35.6. The number of fused-ring (bicyclic) bond motifs is 7. The van der Waals surface area contributed by atoms with Gasteiger partial charge in [0, 0.05) is 66.7 Å². The zero-order valence-corrected chi connectivity index (χ0v) is 38.9. The number of anilines is 6. The van der Waals surface area contributed by atoms with Crippen LogP contribution in [0.3, 0.4) is 0 Å². The number of hydrogen-bond donors (Lipinski definition) is 0. The van der Waals surface area contributed by atoms with E-state index in [-0.39, 0.29) is 0 Å². The Kier molecular flexibility index (Phi) is 10.2. The second-order valence-corrected chi connectivity index (χ2v) is 18.0. The predicted octanol–water partition coefficient (Wildman–Crippen LogP) is 17.4. The maximum absolute atomic E-state index is 9.81. The molecule has 0 fully saturated rings. The molecule has 6 nitrogen and oxygen atoms in total. The largest absolute Gasteiger partial charge is 0.310 e. The van der Waals surface area contributed by atoms with Gasteiger partial charge in [0.2, 0.25) is 0 Å². The summed E-state index contributed by atoms with van der Waals surface area (Å²) in [5.74, 6) is 0. The van der Waals surface area contributed by atoms with Gasteiger partial charge in [-0.3, -0.25) is 0 Å². The van der Waals surface area contributed by atoms with Crippen LogP contribution in [0.4, 0.5) is 34.1 Å². The Bertz CT molecular complexity index is 4270. The summed E-state index contributed by atoms with van der Waals surface area (Å²) in [4.78, 5) is 4.58. The van der Waals surface area contributed by atoms with Crippen molar-refractivity contribution in [1.82, 2.24) is 9.13 Å². The van der Waals surface area contributed by atoms with Crippen LogP contribution in [-0.2, 0) is 0 Å². The molecule has 0 saturated heterocycles. The molecule has 0 radical (unpaired) electrons. The molecular weight excluding hydrogens is 877 g/mol. The fourth-order valence-electron chi connectivity index (χ4n) is 10.7. The van der Waals surface area contributed by atoms with E-state index in [0.29, 0.717) is 11.1 Å². The van der Waals surface area contributed by atoms with Crippen LogP contribution in [0, 0.1) is 22.7 Å². The number of nitriles is 2. The molecule has 0 bridgehead atoms. The summed E-state index contributed by atoms with van der Waals surface area (Å²) < 4.78 is 4.67. The van der Waals surface area contributed by atoms with E-state index in [1.54, 1.807) is 0 Å². The molecule has 2 aromatic heterocycles. The molecular formula is C66H42N6. The summed E-state index contributed by atoms with van der Waals surface area (Å²) in [6.45, 7) is 0. The Labute approximate surface area is 416 Å². The Morgan fingerprint density at radius 2 is 0.694 bits per heavy atom. The Morgan fingerprint density at radius 1 is 0.292 bits per heavy atom. The fourth-order valence-corrected chi connectivity index (χ4v) is 10.7. The molecule has 0 N–H and O–H groups in total. The number of benzene rings is 11. The van der Waals surface area contributed by atoms with Crippen molar-refractivity contribution in [1.29, 1.82) is 10.5 Å². The van der Waals surface area contributed by atoms with Crippen LogP contribution in [0.5, 0.6) is 0 Å². The SMILES string of the molecule is N#Cc1ccc(N(c2ccc(-c3cccc4c(N(c5ccc(C#N)cc5)c5ccc6c(c5)c5ccccc5n6-c5ccccc5)cccc34)cc2)c2ccc3c(c2)c2ccccc2n3-c2ccccc2)cc1. The molecule has 336 valence electrons. The normalized spacial score (nSPS) is 11.3. The zero-order chi connectivity index (χ0) is 48.1. The van der Waals surface area contributed by atoms with Crippen molar-refractivity contribution in [3.8, 4) is 34.6 Å². The van der Waals surface area contributed by atoms with Crippen molar-refractivity contribution in [3.05, 3.63) is 266 Å². The minimum Gasteiger partial charge on any atom is -0.310 e. The molecule has 11 aromatic carbocycles. The van der Waals surface area contributed by atoms with Crippen molar-refractivity contribution in [2.45, 2.75) is 0 Å². The van der Waals surface area contributed by atoms with E-state index < -0.39 is 0 Å². The van der Waals surface area contributed by atoms with Crippen molar-refractivity contribution in [2.24, 2.45) is 0 Å². The highest BCUT2D eigenvalue weighted by molar-refractivity contribution is 6.13. The Hall–Kier alpha value is -10.1. The molecule has 13 aromatic rings. The highest BCUT2D eigenvalue weighted by Gasteiger charge is 2.22. The van der Waals surface area contributed by atoms with Crippen LogP contribution >= 0.6 is 0 Å². The minimum atomic E-state index is 0.609. The third kappa shape index (κ3) is 7.02. The van der Waals surface area contributed by atoms with Gasteiger partial charge >= 0.3 is 0 Å². The molecule has 0 unspecified atom stereocenters. The summed E-state index contributed by atoms with van der Waals surface area (Å²) in [6, 6.07) is 93.8. The molecule has 0 spiro atoms. The van der Waals surface area contributed by atoms with Crippen LogP contribution in [-0.4, -0.2) is 9.13 Å². The number of nitrogens with zero attached hydrogens (tertiary/aromatic N) is 6. The lowest BCUT2D eigenvalue weighted by Gasteiger charge is -2.27. The molecule has 72 heavy (non-hydrogen) atoms. The monoisotopic (exact) mass is 918 g/mol. The lowest BCUT2D eigenvalue weighted by atomic mass is 9.96. The maximum Gasteiger partial charge on any atom is 0.0991 e. The average Bonchev–Trinajstić information content (AvgIpc) is 3.96. The first-order valence-electron chi connectivity index (χ1n) is 24.0. The molecule has 0 aliphatic rings. The standard InChI is InChI=1S/C66H42N6/c67-43-45-25-31-50(32-26-45)69(53-37-39-65-60(41-53)58-17-7-9-22-63(58)71(65)48-13-3-1-4-14-48)51-35-29-47(30-36-51)55-19-11-21-57-56(55)20-12-24-62(57)70(52-33-27-46(44-68)28-34-52)54-38-40-66-61(42-54)59-18-8-10-23-64(59)72(66)49-15-5-2-6-16-49/h1-42H. The Balaban J connectivity index is 0.929. The van der Waals surface area contributed by atoms with Gasteiger partial charge in [-0.1, -0.05) is 115 Å². The van der Waals surface area contributed by atoms with E-state index in [1.165, 1.54) is 10.8 Å². The highest BCUT2D eigenvalue weighted by Crippen LogP contribution is 2.45. The van der Waals surface area contributed by atoms with E-state index in [4.69, 9.17) is 0 Å². The lowest BCUT2D eigenvalue weighted by Crippen LogP contribution is -2.10. The van der Waals surface area contributed by atoms with Gasteiger partial charge in [0.1, 0.15) is 0 Å². The second kappa shape index (κ2) is 17.4. The summed E-state index contributed by atoms with van der Waals surface area (Å²) >= 11 is 0. The summed E-state index contributed by atoms with van der Waals surface area (Å²) in [5, 5.41) is 26.4. The fraction of sp³-hybridized carbons (Fsp3) is 0. The van der Waals surface area contributed by atoms with E-state index in [0.717, 1.165) is 100 Å². The third-order valence-corrected chi connectivity index (χ3v) is 13.9. The van der Waals surface area contributed by atoms with E-state index in [9.17, 15) is 10.5 Å². The first kappa shape index (κ1) is 42.0. The van der Waals surface area contributed by atoms with Gasteiger partial charge in [-0.05, 0) is 156 Å². The van der Waals surface area contributed by atoms with Crippen molar-refractivity contribution >= 4 is 88.5 Å². The van der Waals surface area contributed by atoms with Gasteiger partial charge in [0.15, 0.2) is 0 Å². The van der Waals surface area contributed by atoms with E-state index in [1.807, 2.05) is 48.5 Å². The number of rotatable bonds is 9. The number of aromatic nitrogens is 2. The molecule has 13 rings (SSSR count). The number of hydrogen-bond acceptors (Lipinski definition) is 4. The third-order valence-electron chi connectivity index (χ3n) is 13.9. The van der Waals surface area contributed by atoms with E-state index in [2.05, 4.69) is 237 Å². The topological polar surface area (TPSA) is 63.9 Å².